The summed E-state index contributed by atoms with van der Waals surface area (Å²) in [5, 5.41) is 2.64. The van der Waals surface area contributed by atoms with Crippen molar-refractivity contribution in [2.24, 2.45) is 0 Å². The number of likely N-dealkylation sites (tertiary alicyclic amines) is 1. The van der Waals surface area contributed by atoms with Gasteiger partial charge < -0.3 is 9.64 Å². The highest BCUT2D eigenvalue weighted by molar-refractivity contribution is 5.95. The maximum atomic E-state index is 12.0. The van der Waals surface area contributed by atoms with Gasteiger partial charge in [0.25, 0.3) is 5.91 Å². The monoisotopic (exact) mass is 276 g/mol. The lowest BCUT2D eigenvalue weighted by molar-refractivity contribution is 0.0633. The molecule has 0 unspecified atom stereocenters. The SMILES string of the molecule is CC(C)(C)OC(=O)Nc1ccc(C(=O)N2CCC2)cc1. The van der Waals surface area contributed by atoms with Crippen molar-refractivity contribution < 1.29 is 14.3 Å². The van der Waals surface area contributed by atoms with Crippen molar-refractivity contribution in [1.29, 1.82) is 0 Å². The van der Waals surface area contributed by atoms with Crippen molar-refractivity contribution in [3.8, 4) is 0 Å². The van der Waals surface area contributed by atoms with Crippen LogP contribution in [0.25, 0.3) is 0 Å². The molecule has 5 heteroatoms. The number of hydrogen-bond donors (Lipinski definition) is 1. The topological polar surface area (TPSA) is 58.6 Å². The smallest absolute Gasteiger partial charge is 0.412 e. The fraction of sp³-hybridized carbons (Fsp3) is 0.467. The Morgan fingerprint density at radius 1 is 1.15 bits per heavy atom. The second kappa shape index (κ2) is 5.53. The third-order valence-corrected chi connectivity index (χ3v) is 2.92. The first-order chi connectivity index (χ1) is 9.35. The molecule has 2 amide bonds. The molecule has 0 saturated carbocycles. The number of anilines is 1. The molecule has 1 N–H and O–H groups in total. The predicted octanol–water partition coefficient (Wildman–Crippen LogP) is 2.88. The van der Waals surface area contributed by atoms with Gasteiger partial charge in [0, 0.05) is 24.3 Å². The van der Waals surface area contributed by atoms with E-state index in [2.05, 4.69) is 5.32 Å². The highest BCUT2D eigenvalue weighted by atomic mass is 16.6. The molecule has 2 rings (SSSR count). The van der Waals surface area contributed by atoms with Gasteiger partial charge in [0.2, 0.25) is 0 Å². The molecule has 0 aliphatic carbocycles. The van der Waals surface area contributed by atoms with Crippen LogP contribution in [-0.4, -0.2) is 35.6 Å². The van der Waals surface area contributed by atoms with Gasteiger partial charge in [0.05, 0.1) is 0 Å². The largest absolute Gasteiger partial charge is 0.444 e. The number of amides is 2. The zero-order valence-corrected chi connectivity index (χ0v) is 12.1. The summed E-state index contributed by atoms with van der Waals surface area (Å²) in [5.41, 5.74) is 0.719. The first-order valence-corrected chi connectivity index (χ1v) is 6.74. The van der Waals surface area contributed by atoms with Crippen LogP contribution in [0.3, 0.4) is 0 Å². The molecule has 20 heavy (non-hydrogen) atoms. The quantitative estimate of drug-likeness (QED) is 0.903. The van der Waals surface area contributed by atoms with E-state index in [0.717, 1.165) is 19.5 Å². The zero-order valence-electron chi connectivity index (χ0n) is 12.1. The second-order valence-electron chi connectivity index (χ2n) is 5.85. The van der Waals surface area contributed by atoms with E-state index in [1.54, 1.807) is 49.9 Å². The van der Waals surface area contributed by atoms with Gasteiger partial charge in [-0.05, 0) is 51.5 Å². The van der Waals surface area contributed by atoms with E-state index in [9.17, 15) is 9.59 Å². The molecular weight excluding hydrogens is 256 g/mol. The van der Waals surface area contributed by atoms with Crippen LogP contribution >= 0.6 is 0 Å². The van der Waals surface area contributed by atoms with Crippen molar-refractivity contribution in [1.82, 2.24) is 4.90 Å². The number of nitrogens with zero attached hydrogens (tertiary/aromatic N) is 1. The molecule has 0 bridgehead atoms. The Morgan fingerprint density at radius 3 is 2.20 bits per heavy atom. The lowest BCUT2D eigenvalue weighted by atomic mass is 10.1. The average molecular weight is 276 g/mol. The van der Waals surface area contributed by atoms with Gasteiger partial charge in [-0.25, -0.2) is 4.79 Å². The second-order valence-corrected chi connectivity index (χ2v) is 5.85. The van der Waals surface area contributed by atoms with Crippen LogP contribution in [0, 0.1) is 0 Å². The van der Waals surface area contributed by atoms with E-state index in [1.807, 2.05) is 0 Å². The minimum Gasteiger partial charge on any atom is -0.444 e. The Morgan fingerprint density at radius 2 is 1.75 bits per heavy atom. The first kappa shape index (κ1) is 14.4. The lowest BCUT2D eigenvalue weighted by Gasteiger charge is -2.30. The van der Waals surface area contributed by atoms with E-state index in [4.69, 9.17) is 4.74 Å². The molecule has 0 atom stereocenters. The Hall–Kier alpha value is -2.04. The predicted molar refractivity (Wildman–Crippen MR) is 76.8 cm³/mol. The summed E-state index contributed by atoms with van der Waals surface area (Å²) >= 11 is 0. The molecule has 1 saturated heterocycles. The normalized spacial score (nSPS) is 14.4. The van der Waals surface area contributed by atoms with Crippen molar-refractivity contribution in [2.75, 3.05) is 18.4 Å². The fourth-order valence-corrected chi connectivity index (χ4v) is 1.82. The third-order valence-electron chi connectivity index (χ3n) is 2.92. The average Bonchev–Trinajstić information content (AvgIpc) is 2.24. The summed E-state index contributed by atoms with van der Waals surface area (Å²) in [7, 11) is 0. The highest BCUT2D eigenvalue weighted by Crippen LogP contribution is 2.16. The molecule has 108 valence electrons. The summed E-state index contributed by atoms with van der Waals surface area (Å²) in [6.45, 7) is 7.08. The van der Waals surface area contributed by atoms with Crippen LogP contribution in [-0.2, 0) is 4.74 Å². The Bertz CT molecular complexity index is 499. The molecule has 5 nitrogen and oxygen atoms in total. The molecule has 1 aliphatic heterocycles. The van der Waals surface area contributed by atoms with Crippen LogP contribution in [0.15, 0.2) is 24.3 Å². The van der Waals surface area contributed by atoms with E-state index in [1.165, 1.54) is 0 Å². The van der Waals surface area contributed by atoms with Gasteiger partial charge in [-0.15, -0.1) is 0 Å². The number of hydrogen-bond acceptors (Lipinski definition) is 3. The zero-order chi connectivity index (χ0) is 14.8. The summed E-state index contributed by atoms with van der Waals surface area (Å²) < 4.78 is 5.16. The number of benzene rings is 1. The Labute approximate surface area is 118 Å². The van der Waals surface area contributed by atoms with Gasteiger partial charge in [0.1, 0.15) is 5.60 Å². The number of carbonyl (C=O) groups is 2. The maximum absolute atomic E-state index is 12.0. The van der Waals surface area contributed by atoms with E-state index >= 15 is 0 Å². The van der Waals surface area contributed by atoms with Crippen LogP contribution in [0.4, 0.5) is 10.5 Å². The maximum Gasteiger partial charge on any atom is 0.412 e. The van der Waals surface area contributed by atoms with Gasteiger partial charge in [-0.3, -0.25) is 10.1 Å². The molecule has 1 heterocycles. The standard InChI is InChI=1S/C15H20N2O3/c1-15(2,3)20-14(19)16-12-7-5-11(6-8-12)13(18)17-9-4-10-17/h5-8H,4,9-10H2,1-3H3,(H,16,19). The Kier molecular flexibility index (Phi) is 3.97. The summed E-state index contributed by atoms with van der Waals surface area (Å²) in [4.78, 5) is 25.4. The van der Waals surface area contributed by atoms with Crippen molar-refractivity contribution >= 4 is 17.7 Å². The highest BCUT2D eigenvalue weighted by Gasteiger charge is 2.21. The third kappa shape index (κ3) is 3.73. The minimum atomic E-state index is -0.530. The fourth-order valence-electron chi connectivity index (χ4n) is 1.82. The van der Waals surface area contributed by atoms with E-state index in [-0.39, 0.29) is 5.91 Å². The molecule has 1 aliphatic rings. The number of carbonyl (C=O) groups excluding carboxylic acids is 2. The summed E-state index contributed by atoms with van der Waals surface area (Å²) in [6.07, 6.45) is 0.573. The van der Waals surface area contributed by atoms with Gasteiger partial charge >= 0.3 is 6.09 Å². The minimum absolute atomic E-state index is 0.0417. The molecule has 0 radical (unpaired) electrons. The molecule has 0 spiro atoms. The van der Waals surface area contributed by atoms with E-state index < -0.39 is 11.7 Å². The molecular formula is C15H20N2O3. The molecule has 1 aromatic carbocycles. The van der Waals surface area contributed by atoms with Gasteiger partial charge in [0.15, 0.2) is 0 Å². The summed E-state index contributed by atoms with van der Waals surface area (Å²) in [5.74, 6) is 0.0417. The molecule has 1 fully saturated rings. The number of ether oxygens (including phenoxy) is 1. The van der Waals surface area contributed by atoms with Crippen molar-refractivity contribution in [2.45, 2.75) is 32.8 Å². The van der Waals surface area contributed by atoms with Crippen LogP contribution in [0.1, 0.15) is 37.6 Å². The van der Waals surface area contributed by atoms with Gasteiger partial charge in [-0.1, -0.05) is 0 Å². The lowest BCUT2D eigenvalue weighted by Crippen LogP contribution is -2.41. The first-order valence-electron chi connectivity index (χ1n) is 6.74. The molecule has 1 aromatic rings. The Balaban J connectivity index is 1.94. The van der Waals surface area contributed by atoms with Crippen molar-refractivity contribution in [3.63, 3.8) is 0 Å². The summed E-state index contributed by atoms with van der Waals surface area (Å²) in [6, 6.07) is 6.84. The van der Waals surface area contributed by atoms with E-state index in [0.29, 0.717) is 11.3 Å². The van der Waals surface area contributed by atoms with Crippen molar-refractivity contribution in [3.05, 3.63) is 29.8 Å². The van der Waals surface area contributed by atoms with Gasteiger partial charge in [-0.2, -0.15) is 0 Å². The molecule has 0 aromatic heterocycles. The van der Waals surface area contributed by atoms with Crippen LogP contribution in [0.5, 0.6) is 0 Å². The number of nitrogens with one attached hydrogen (secondary N) is 1. The number of rotatable bonds is 2. The van der Waals surface area contributed by atoms with Crippen LogP contribution < -0.4 is 5.32 Å². The van der Waals surface area contributed by atoms with Crippen LogP contribution in [0.2, 0.25) is 0 Å².